The Morgan fingerprint density at radius 1 is 1.50 bits per heavy atom. The van der Waals surface area contributed by atoms with Crippen LogP contribution in [0.5, 0.6) is 0 Å². The van der Waals surface area contributed by atoms with Crippen LogP contribution in [0.3, 0.4) is 0 Å². The second-order valence-corrected chi connectivity index (χ2v) is 0.835. The molecule has 0 heterocycles. The molecule has 0 aromatic carbocycles. The third kappa shape index (κ3) is 3.16. The highest BCUT2D eigenvalue weighted by atomic mass is 14.3. The zero-order chi connectivity index (χ0) is 4.83. The number of hydrogen-bond donors (Lipinski definition) is 1. The Labute approximate surface area is 36.9 Å². The average molecular weight is 81.1 g/mol. The third-order valence-corrected chi connectivity index (χ3v) is 0.362. The zero-order valence-electron chi connectivity index (χ0n) is 3.36. The van der Waals surface area contributed by atoms with Crippen molar-refractivity contribution in [3.05, 3.63) is 0 Å². The van der Waals surface area contributed by atoms with Crippen LogP contribution in [0.2, 0.25) is 0 Å². The first kappa shape index (κ1) is 5.16. The summed E-state index contributed by atoms with van der Waals surface area (Å²) in [6.45, 7) is 0. The number of hydrogen-bond acceptors (Lipinski definition) is 2. The topological polar surface area (TPSA) is 47.6 Å². The number of rotatable bonds is 2. The minimum absolute atomic E-state index is 0.420. The standard InChI is InChI=1S/C4H5N2/c5-3-1-2-4-6/h5H,1-2H2. The molecule has 1 radical (unpaired) electrons. The molecule has 0 fully saturated rings. The average Bonchev–Trinajstić information content (AvgIpc) is 1.61. The van der Waals surface area contributed by atoms with Crippen LogP contribution in [0.15, 0.2) is 0 Å². The van der Waals surface area contributed by atoms with E-state index >= 15 is 0 Å². The molecule has 0 saturated heterocycles. The van der Waals surface area contributed by atoms with Crippen LogP contribution < -0.4 is 0 Å². The summed E-state index contributed by atoms with van der Waals surface area (Å²) in [6.07, 6.45) is 2.98. The molecule has 0 atom stereocenters. The van der Waals surface area contributed by atoms with E-state index in [0.717, 1.165) is 0 Å². The van der Waals surface area contributed by atoms with Gasteiger partial charge < -0.3 is 5.41 Å². The summed E-state index contributed by atoms with van der Waals surface area (Å²) in [7, 11) is 0. The first-order chi connectivity index (χ1) is 2.91. The molecule has 0 rings (SSSR count). The van der Waals surface area contributed by atoms with Crippen molar-refractivity contribution in [1.29, 1.82) is 10.7 Å². The smallest absolute Gasteiger partial charge is 0.0625 e. The largest absolute Gasteiger partial charge is 0.303 e. The van der Waals surface area contributed by atoms with Gasteiger partial charge in [-0.3, -0.25) is 0 Å². The van der Waals surface area contributed by atoms with Crippen LogP contribution in [0, 0.1) is 16.7 Å². The molecule has 0 spiro atoms. The van der Waals surface area contributed by atoms with E-state index in [-0.39, 0.29) is 0 Å². The van der Waals surface area contributed by atoms with Crippen LogP contribution in [0.4, 0.5) is 0 Å². The summed E-state index contributed by atoms with van der Waals surface area (Å²) in [6, 6.07) is 1.89. The van der Waals surface area contributed by atoms with Gasteiger partial charge in [0.05, 0.1) is 12.3 Å². The van der Waals surface area contributed by atoms with E-state index in [1.807, 2.05) is 6.07 Å². The van der Waals surface area contributed by atoms with E-state index in [9.17, 15) is 0 Å². The Morgan fingerprint density at radius 3 is 2.33 bits per heavy atom. The molecule has 0 aliphatic heterocycles. The van der Waals surface area contributed by atoms with Gasteiger partial charge in [-0.15, -0.1) is 0 Å². The normalized spacial score (nSPS) is 6.50. The molecular formula is C4H5N2. The fourth-order valence-corrected chi connectivity index (χ4v) is 0.118. The molecule has 2 nitrogen and oxygen atoms in total. The first-order valence-electron chi connectivity index (χ1n) is 1.68. The highest BCUT2D eigenvalue weighted by molar-refractivity contribution is 5.53. The first-order valence-corrected chi connectivity index (χ1v) is 1.68. The van der Waals surface area contributed by atoms with Crippen LogP contribution in [0.1, 0.15) is 12.8 Å². The van der Waals surface area contributed by atoms with Gasteiger partial charge in [0.25, 0.3) is 0 Å². The van der Waals surface area contributed by atoms with Crippen LogP contribution >= 0.6 is 0 Å². The zero-order valence-corrected chi connectivity index (χ0v) is 3.36. The molecular weight excluding hydrogens is 76.1 g/mol. The Kier molecular flexibility index (Phi) is 3.58. The summed E-state index contributed by atoms with van der Waals surface area (Å²) in [5.74, 6) is 0. The minimum Gasteiger partial charge on any atom is -0.303 e. The molecule has 1 N–H and O–H groups in total. The van der Waals surface area contributed by atoms with Crippen molar-refractivity contribution < 1.29 is 0 Å². The quantitative estimate of drug-likeness (QED) is 0.388. The predicted molar refractivity (Wildman–Crippen MR) is 22.6 cm³/mol. The fourth-order valence-electron chi connectivity index (χ4n) is 0.118. The fraction of sp³-hybridized carbons (Fsp3) is 0.500. The number of nitriles is 1. The van der Waals surface area contributed by atoms with Gasteiger partial charge in [-0.2, -0.15) is 5.26 Å². The summed E-state index contributed by atoms with van der Waals surface area (Å²) < 4.78 is 0. The SMILES string of the molecule is N#CCC[C]=N. The predicted octanol–water partition coefficient (Wildman–Crippen LogP) is 0.817. The van der Waals surface area contributed by atoms with Crippen molar-refractivity contribution in [2.75, 3.05) is 0 Å². The van der Waals surface area contributed by atoms with E-state index in [2.05, 4.69) is 6.21 Å². The van der Waals surface area contributed by atoms with Gasteiger partial charge >= 0.3 is 0 Å². The second kappa shape index (κ2) is 4.16. The van der Waals surface area contributed by atoms with Crippen molar-refractivity contribution in [3.63, 3.8) is 0 Å². The number of unbranched alkanes of at least 4 members (excludes halogenated alkanes) is 1. The van der Waals surface area contributed by atoms with Crippen LogP contribution in [0.25, 0.3) is 0 Å². The molecule has 0 bridgehead atoms. The summed E-state index contributed by atoms with van der Waals surface area (Å²) in [4.78, 5) is 0. The van der Waals surface area contributed by atoms with Gasteiger partial charge in [0, 0.05) is 12.8 Å². The highest BCUT2D eigenvalue weighted by Gasteiger charge is 1.72. The Bertz CT molecular complexity index is 70.1. The van der Waals surface area contributed by atoms with E-state index in [0.29, 0.717) is 12.8 Å². The van der Waals surface area contributed by atoms with Gasteiger partial charge in [-0.05, 0) is 0 Å². The Morgan fingerprint density at radius 2 is 2.17 bits per heavy atom. The maximum absolute atomic E-state index is 7.82. The van der Waals surface area contributed by atoms with Crippen molar-refractivity contribution in [1.82, 2.24) is 0 Å². The molecule has 0 aromatic heterocycles. The summed E-state index contributed by atoms with van der Waals surface area (Å²) >= 11 is 0. The molecule has 31 valence electrons. The van der Waals surface area contributed by atoms with Crippen molar-refractivity contribution >= 4 is 6.21 Å². The van der Waals surface area contributed by atoms with Gasteiger partial charge in [0.1, 0.15) is 0 Å². The molecule has 0 aliphatic rings. The molecule has 0 unspecified atom stereocenters. The van der Waals surface area contributed by atoms with Crippen molar-refractivity contribution in [2.45, 2.75) is 12.8 Å². The summed E-state index contributed by atoms with van der Waals surface area (Å²) in [5.41, 5.74) is 0. The molecule has 6 heavy (non-hydrogen) atoms. The number of nitrogens with zero attached hydrogens (tertiary/aromatic N) is 1. The van der Waals surface area contributed by atoms with E-state index in [1.54, 1.807) is 0 Å². The molecule has 2 heteroatoms. The van der Waals surface area contributed by atoms with Crippen LogP contribution in [-0.4, -0.2) is 6.21 Å². The number of nitrogens with one attached hydrogen (secondary N) is 1. The van der Waals surface area contributed by atoms with Crippen LogP contribution in [-0.2, 0) is 0 Å². The lowest BCUT2D eigenvalue weighted by molar-refractivity contribution is 1.12. The van der Waals surface area contributed by atoms with E-state index in [1.165, 1.54) is 0 Å². The van der Waals surface area contributed by atoms with Gasteiger partial charge in [0.2, 0.25) is 0 Å². The van der Waals surface area contributed by atoms with E-state index < -0.39 is 0 Å². The third-order valence-electron chi connectivity index (χ3n) is 0.362. The highest BCUT2D eigenvalue weighted by Crippen LogP contribution is 1.76. The molecule has 0 aliphatic carbocycles. The lowest BCUT2D eigenvalue weighted by Gasteiger charge is -1.68. The maximum atomic E-state index is 7.82. The van der Waals surface area contributed by atoms with E-state index in [4.69, 9.17) is 10.7 Å². The van der Waals surface area contributed by atoms with Crippen molar-refractivity contribution in [2.24, 2.45) is 0 Å². The molecule has 0 saturated carbocycles. The summed E-state index contributed by atoms with van der Waals surface area (Å²) in [5, 5.41) is 14.1. The lowest BCUT2D eigenvalue weighted by Crippen LogP contribution is -1.66. The van der Waals surface area contributed by atoms with Gasteiger partial charge in [-0.1, -0.05) is 0 Å². The monoisotopic (exact) mass is 81.0 g/mol. The maximum Gasteiger partial charge on any atom is 0.0625 e. The second-order valence-electron chi connectivity index (χ2n) is 0.835. The van der Waals surface area contributed by atoms with Crippen molar-refractivity contribution in [3.8, 4) is 6.07 Å². The Hall–Kier alpha value is -0.840. The van der Waals surface area contributed by atoms with Gasteiger partial charge in [0.15, 0.2) is 0 Å². The van der Waals surface area contributed by atoms with Gasteiger partial charge in [-0.25, -0.2) is 0 Å². The molecule has 0 aromatic rings. The minimum atomic E-state index is 0.420. The Balaban J connectivity index is 2.72. The molecule has 0 amide bonds. The lowest BCUT2D eigenvalue weighted by atomic mass is 10.4.